The van der Waals surface area contributed by atoms with Crippen LogP contribution in [0.1, 0.15) is 87.5 Å². The minimum absolute atomic E-state index is 0.433. The smallest absolute Gasteiger partial charge is 0.229 e. The molecule has 0 saturated heterocycles. The monoisotopic (exact) mass is 387 g/mol. The Morgan fingerprint density at radius 2 is 1.38 bits per heavy atom. The lowest BCUT2D eigenvalue weighted by molar-refractivity contribution is 0.650. The molecule has 1 aliphatic rings. The predicted molar refractivity (Wildman–Crippen MR) is 108 cm³/mol. The van der Waals surface area contributed by atoms with E-state index in [2.05, 4.69) is 31.0 Å². The summed E-state index contributed by atoms with van der Waals surface area (Å²) in [5, 5.41) is 0.433. The van der Waals surface area contributed by atoms with E-state index in [4.69, 9.17) is 34.8 Å². The summed E-state index contributed by atoms with van der Waals surface area (Å²) in [7, 11) is 0. The number of nitrogens with zero attached hydrogens (tertiary/aromatic N) is 1. The van der Waals surface area contributed by atoms with E-state index in [-0.39, 0.29) is 0 Å². The van der Waals surface area contributed by atoms with Gasteiger partial charge in [0.1, 0.15) is 5.17 Å². The van der Waals surface area contributed by atoms with Crippen molar-refractivity contribution in [2.24, 2.45) is 4.99 Å². The molecule has 134 valence electrons. The standard InChI is InChI=1S/C20H28Cl3N/c1-3-5-7-9-11-15-13-17-18(20(22,23)24-19(17)21)14-16(15)12-10-8-6-4-2/h13-14H,3-12H2,1-2H3. The molecule has 0 bridgehead atoms. The second-order valence-electron chi connectivity index (χ2n) is 6.73. The quantitative estimate of drug-likeness (QED) is 0.223. The van der Waals surface area contributed by atoms with Gasteiger partial charge in [-0.3, -0.25) is 0 Å². The molecule has 1 aromatic carbocycles. The van der Waals surface area contributed by atoms with Crippen molar-refractivity contribution in [3.05, 3.63) is 34.4 Å². The number of alkyl halides is 2. The van der Waals surface area contributed by atoms with Crippen LogP contribution < -0.4 is 0 Å². The molecule has 0 amide bonds. The molecule has 2 rings (SSSR count). The maximum atomic E-state index is 6.34. The van der Waals surface area contributed by atoms with Crippen LogP contribution in [0.25, 0.3) is 0 Å². The normalized spacial score (nSPS) is 15.5. The molecule has 0 N–H and O–H groups in total. The number of aryl methyl sites for hydroxylation is 2. The minimum Gasteiger partial charge on any atom is -0.229 e. The van der Waals surface area contributed by atoms with Crippen LogP contribution in [0.4, 0.5) is 0 Å². The average molecular weight is 389 g/mol. The Kier molecular flexibility index (Phi) is 7.91. The van der Waals surface area contributed by atoms with E-state index >= 15 is 0 Å². The van der Waals surface area contributed by atoms with Crippen molar-refractivity contribution < 1.29 is 0 Å². The largest absolute Gasteiger partial charge is 0.235 e. The molecule has 0 radical (unpaired) electrons. The number of aliphatic imine (C=N–C) groups is 1. The third-order valence-corrected chi connectivity index (χ3v) is 5.59. The summed E-state index contributed by atoms with van der Waals surface area (Å²) < 4.78 is -1.23. The van der Waals surface area contributed by atoms with Crippen LogP contribution >= 0.6 is 34.8 Å². The van der Waals surface area contributed by atoms with Crippen LogP contribution in [0.2, 0.25) is 0 Å². The molecule has 1 aliphatic heterocycles. The molecule has 0 atom stereocenters. The Hall–Kier alpha value is -0.240. The summed E-state index contributed by atoms with van der Waals surface area (Å²) in [6, 6.07) is 4.32. The number of rotatable bonds is 10. The fourth-order valence-electron chi connectivity index (χ4n) is 3.30. The van der Waals surface area contributed by atoms with Crippen molar-refractivity contribution in [3.63, 3.8) is 0 Å². The SMILES string of the molecule is CCCCCCc1cc2c(cc1CCCCCC)C(Cl)(Cl)N=C2Cl. The molecule has 0 spiro atoms. The summed E-state index contributed by atoms with van der Waals surface area (Å²) in [5.74, 6) is 0. The van der Waals surface area contributed by atoms with Gasteiger partial charge in [0.2, 0.25) is 4.46 Å². The maximum Gasteiger partial charge on any atom is 0.235 e. The first kappa shape index (κ1) is 20.1. The van der Waals surface area contributed by atoms with Crippen molar-refractivity contribution >= 4 is 40.0 Å². The van der Waals surface area contributed by atoms with Gasteiger partial charge >= 0.3 is 0 Å². The average Bonchev–Trinajstić information content (AvgIpc) is 2.77. The van der Waals surface area contributed by atoms with Crippen molar-refractivity contribution in [1.29, 1.82) is 0 Å². The lowest BCUT2D eigenvalue weighted by Crippen LogP contribution is -2.07. The first-order chi connectivity index (χ1) is 11.5. The summed E-state index contributed by atoms with van der Waals surface area (Å²) in [6.45, 7) is 4.48. The summed E-state index contributed by atoms with van der Waals surface area (Å²) in [6.07, 6.45) is 12.3. The van der Waals surface area contributed by atoms with E-state index in [1.54, 1.807) is 0 Å². The predicted octanol–water partition coefficient (Wildman–Crippen LogP) is 7.52. The van der Waals surface area contributed by atoms with Gasteiger partial charge in [0.05, 0.1) is 0 Å². The zero-order valence-electron chi connectivity index (χ0n) is 14.8. The van der Waals surface area contributed by atoms with Gasteiger partial charge in [0.25, 0.3) is 0 Å². The zero-order chi connectivity index (χ0) is 17.6. The highest BCUT2D eigenvalue weighted by Gasteiger charge is 2.36. The number of benzene rings is 1. The third-order valence-electron chi connectivity index (χ3n) is 4.72. The molecule has 24 heavy (non-hydrogen) atoms. The second-order valence-corrected chi connectivity index (χ2v) is 8.38. The fraction of sp³-hybridized carbons (Fsp3) is 0.650. The van der Waals surface area contributed by atoms with Crippen LogP contribution in [-0.2, 0) is 17.3 Å². The summed E-state index contributed by atoms with van der Waals surface area (Å²) >= 11 is 18.9. The van der Waals surface area contributed by atoms with E-state index in [1.807, 2.05) is 0 Å². The molecule has 0 aromatic heterocycles. The number of hydrogen-bond donors (Lipinski definition) is 0. The van der Waals surface area contributed by atoms with Crippen LogP contribution in [0, 0.1) is 0 Å². The molecular weight excluding hydrogens is 361 g/mol. The zero-order valence-corrected chi connectivity index (χ0v) is 17.1. The van der Waals surface area contributed by atoms with Gasteiger partial charge < -0.3 is 0 Å². The Balaban J connectivity index is 2.19. The van der Waals surface area contributed by atoms with Crippen molar-refractivity contribution in [1.82, 2.24) is 0 Å². The van der Waals surface area contributed by atoms with Gasteiger partial charge in [0.15, 0.2) is 0 Å². The lowest BCUT2D eigenvalue weighted by atomic mass is 9.92. The number of halogens is 3. The van der Waals surface area contributed by atoms with Crippen LogP contribution in [0.5, 0.6) is 0 Å². The Morgan fingerprint density at radius 3 is 1.92 bits per heavy atom. The minimum atomic E-state index is -1.23. The first-order valence-electron chi connectivity index (χ1n) is 9.29. The number of fused-ring (bicyclic) bond motifs is 1. The Bertz CT molecular complexity index is 578. The molecule has 1 nitrogen and oxygen atoms in total. The molecule has 1 heterocycles. The van der Waals surface area contributed by atoms with Crippen LogP contribution in [-0.4, -0.2) is 5.17 Å². The molecule has 0 unspecified atom stereocenters. The van der Waals surface area contributed by atoms with Crippen molar-refractivity contribution in [2.45, 2.75) is 82.5 Å². The van der Waals surface area contributed by atoms with E-state index in [1.165, 1.54) is 62.5 Å². The van der Waals surface area contributed by atoms with Gasteiger partial charge in [-0.25, -0.2) is 4.99 Å². The van der Waals surface area contributed by atoms with Crippen LogP contribution in [0.3, 0.4) is 0 Å². The third kappa shape index (κ3) is 5.13. The van der Waals surface area contributed by atoms with Gasteiger partial charge in [0, 0.05) is 11.1 Å². The molecule has 4 heteroatoms. The van der Waals surface area contributed by atoms with Gasteiger partial charge in [-0.15, -0.1) is 0 Å². The highest BCUT2D eigenvalue weighted by molar-refractivity contribution is 6.71. The number of unbranched alkanes of at least 4 members (excludes halogenated alkanes) is 6. The van der Waals surface area contributed by atoms with E-state index < -0.39 is 4.46 Å². The Morgan fingerprint density at radius 1 is 0.833 bits per heavy atom. The van der Waals surface area contributed by atoms with Gasteiger partial charge in [-0.05, 0) is 48.9 Å². The first-order valence-corrected chi connectivity index (χ1v) is 10.4. The Labute approximate surface area is 161 Å². The highest BCUT2D eigenvalue weighted by Crippen LogP contribution is 2.44. The van der Waals surface area contributed by atoms with E-state index in [9.17, 15) is 0 Å². The van der Waals surface area contributed by atoms with Gasteiger partial charge in [-0.2, -0.15) is 0 Å². The molecule has 0 fully saturated rings. The van der Waals surface area contributed by atoms with E-state index in [0.29, 0.717) is 5.17 Å². The van der Waals surface area contributed by atoms with E-state index in [0.717, 1.165) is 24.0 Å². The molecule has 1 aromatic rings. The van der Waals surface area contributed by atoms with Crippen molar-refractivity contribution in [3.8, 4) is 0 Å². The van der Waals surface area contributed by atoms with Gasteiger partial charge in [-0.1, -0.05) is 87.2 Å². The molecule has 0 aliphatic carbocycles. The lowest BCUT2D eigenvalue weighted by Gasteiger charge is -2.16. The molecule has 0 saturated carbocycles. The second kappa shape index (κ2) is 9.46. The molecular formula is C20H28Cl3N. The topological polar surface area (TPSA) is 12.4 Å². The highest BCUT2D eigenvalue weighted by atomic mass is 35.5. The fourth-order valence-corrected chi connectivity index (χ4v) is 4.15. The summed E-state index contributed by atoms with van der Waals surface area (Å²) in [5.41, 5.74) is 4.51. The van der Waals surface area contributed by atoms with Crippen molar-refractivity contribution in [2.75, 3.05) is 0 Å². The number of hydrogen-bond acceptors (Lipinski definition) is 1. The maximum absolute atomic E-state index is 6.34. The summed E-state index contributed by atoms with van der Waals surface area (Å²) in [4.78, 5) is 4.20. The van der Waals surface area contributed by atoms with Crippen LogP contribution in [0.15, 0.2) is 17.1 Å².